The smallest absolute Gasteiger partial charge is 0.287 e. The predicted molar refractivity (Wildman–Crippen MR) is 106 cm³/mol. The van der Waals surface area contributed by atoms with Crippen molar-refractivity contribution in [1.82, 2.24) is 4.57 Å². The molecule has 0 saturated heterocycles. The molecule has 8 heteroatoms. The average molecular weight is 400 g/mol. The first-order valence-corrected chi connectivity index (χ1v) is 9.71. The minimum atomic E-state index is -0.416. The number of hydrogen-bond acceptors (Lipinski definition) is 6. The van der Waals surface area contributed by atoms with Crippen LogP contribution >= 0.6 is 11.3 Å². The molecular weight excluding hydrogens is 380 g/mol. The number of hydrogen-bond donors (Lipinski definition) is 0. The third-order valence-corrected chi connectivity index (χ3v) is 5.54. The number of thiazole rings is 1. The van der Waals surface area contributed by atoms with Gasteiger partial charge < -0.3 is 23.5 Å². The van der Waals surface area contributed by atoms with Crippen molar-refractivity contribution >= 4 is 27.5 Å². The van der Waals surface area contributed by atoms with Crippen molar-refractivity contribution in [2.75, 3.05) is 27.4 Å². The highest BCUT2D eigenvalue weighted by Gasteiger charge is 2.20. The molecule has 146 valence electrons. The lowest BCUT2D eigenvalue weighted by Crippen LogP contribution is -2.17. The molecule has 0 saturated carbocycles. The van der Waals surface area contributed by atoms with Gasteiger partial charge in [-0.15, -0.1) is 0 Å². The topological polar surface area (TPSA) is 71.3 Å². The second-order valence-corrected chi connectivity index (χ2v) is 7.06. The Morgan fingerprint density at radius 3 is 2.39 bits per heavy atom. The monoisotopic (exact) mass is 400 g/mol. The van der Waals surface area contributed by atoms with Gasteiger partial charge in [-0.05, 0) is 19.1 Å². The zero-order valence-corrected chi connectivity index (χ0v) is 16.7. The summed E-state index contributed by atoms with van der Waals surface area (Å²) in [6.07, 6.45) is 0. The van der Waals surface area contributed by atoms with E-state index in [2.05, 4.69) is 4.99 Å². The van der Waals surface area contributed by atoms with Crippen molar-refractivity contribution in [3.8, 4) is 23.0 Å². The van der Waals surface area contributed by atoms with E-state index in [0.29, 0.717) is 53.1 Å². The fourth-order valence-corrected chi connectivity index (χ4v) is 4.30. The number of benzene rings is 2. The van der Waals surface area contributed by atoms with Crippen molar-refractivity contribution in [1.29, 1.82) is 0 Å². The van der Waals surface area contributed by atoms with Gasteiger partial charge in [0.2, 0.25) is 0 Å². The van der Waals surface area contributed by atoms with Gasteiger partial charge >= 0.3 is 0 Å². The summed E-state index contributed by atoms with van der Waals surface area (Å²) in [5.74, 6) is 1.86. The molecule has 0 radical (unpaired) electrons. The Bertz CT molecular complexity index is 1090. The van der Waals surface area contributed by atoms with E-state index in [1.807, 2.05) is 23.6 Å². The number of ether oxygens (including phenoxy) is 4. The molecule has 0 unspecified atom stereocenters. The minimum Gasteiger partial charge on any atom is -0.496 e. The van der Waals surface area contributed by atoms with Gasteiger partial charge in [-0.1, -0.05) is 17.4 Å². The number of rotatable bonds is 4. The molecule has 0 atom stereocenters. The predicted octanol–water partition coefficient (Wildman–Crippen LogP) is 3.25. The van der Waals surface area contributed by atoms with Crippen molar-refractivity contribution < 1.29 is 23.7 Å². The lowest BCUT2D eigenvalue weighted by Gasteiger charge is -2.18. The first kappa shape index (κ1) is 18.4. The molecule has 1 aliphatic rings. The van der Waals surface area contributed by atoms with Gasteiger partial charge in [0.05, 0.1) is 24.4 Å². The highest BCUT2D eigenvalue weighted by Crippen LogP contribution is 2.35. The summed E-state index contributed by atoms with van der Waals surface area (Å²) in [4.78, 5) is 18.0. The van der Waals surface area contributed by atoms with Crippen molar-refractivity contribution in [3.63, 3.8) is 0 Å². The quantitative estimate of drug-likeness (QED) is 0.672. The molecule has 4 rings (SSSR count). The highest BCUT2D eigenvalue weighted by atomic mass is 32.1. The Balaban J connectivity index is 1.87. The molecule has 0 aliphatic carbocycles. The van der Waals surface area contributed by atoms with Crippen LogP contribution in [-0.2, 0) is 6.54 Å². The molecular formula is C20H20N2O5S. The highest BCUT2D eigenvalue weighted by molar-refractivity contribution is 7.16. The Labute approximate surface area is 165 Å². The van der Waals surface area contributed by atoms with Crippen LogP contribution in [0.25, 0.3) is 10.2 Å². The van der Waals surface area contributed by atoms with Crippen LogP contribution in [0.4, 0.5) is 0 Å². The number of methoxy groups -OCH3 is 2. The van der Waals surface area contributed by atoms with Crippen molar-refractivity contribution in [2.45, 2.75) is 13.5 Å². The molecule has 1 aromatic heterocycles. The Hall–Kier alpha value is -3.00. The maximum atomic E-state index is 13.0. The van der Waals surface area contributed by atoms with Gasteiger partial charge in [-0.3, -0.25) is 4.79 Å². The Morgan fingerprint density at radius 1 is 1.14 bits per heavy atom. The number of fused-ring (bicyclic) bond motifs is 2. The largest absolute Gasteiger partial charge is 0.496 e. The van der Waals surface area contributed by atoms with Gasteiger partial charge in [0.25, 0.3) is 5.91 Å². The van der Waals surface area contributed by atoms with Gasteiger partial charge in [-0.2, -0.15) is 4.99 Å². The maximum Gasteiger partial charge on any atom is 0.287 e. The van der Waals surface area contributed by atoms with Crippen LogP contribution in [0.5, 0.6) is 23.0 Å². The summed E-state index contributed by atoms with van der Waals surface area (Å²) in [5, 5.41) is 0. The molecule has 0 spiro atoms. The number of aromatic nitrogens is 1. The zero-order chi connectivity index (χ0) is 19.7. The normalized spacial score (nSPS) is 13.6. The molecule has 0 bridgehead atoms. The van der Waals surface area contributed by atoms with Crippen LogP contribution in [0.15, 0.2) is 35.3 Å². The van der Waals surface area contributed by atoms with E-state index in [1.165, 1.54) is 25.6 Å². The number of carbonyl (C=O) groups excluding carboxylic acids is 1. The first-order valence-electron chi connectivity index (χ1n) is 8.89. The molecule has 2 heterocycles. The summed E-state index contributed by atoms with van der Waals surface area (Å²) in [6.45, 7) is 3.73. The number of carbonyl (C=O) groups is 1. The van der Waals surface area contributed by atoms with E-state index in [-0.39, 0.29) is 0 Å². The van der Waals surface area contributed by atoms with E-state index < -0.39 is 5.91 Å². The minimum absolute atomic E-state index is 0.304. The Morgan fingerprint density at radius 2 is 1.79 bits per heavy atom. The van der Waals surface area contributed by atoms with Crippen molar-refractivity contribution in [3.05, 3.63) is 40.7 Å². The summed E-state index contributed by atoms with van der Waals surface area (Å²) < 4.78 is 25.0. The number of aryl methyl sites for hydroxylation is 1. The van der Waals surface area contributed by atoms with Crippen LogP contribution in [0, 0.1) is 0 Å². The number of amides is 1. The van der Waals surface area contributed by atoms with Crippen LogP contribution in [0.2, 0.25) is 0 Å². The van der Waals surface area contributed by atoms with E-state index in [9.17, 15) is 4.79 Å². The lowest BCUT2D eigenvalue weighted by molar-refractivity contribution is 0.0992. The molecule has 0 N–H and O–H groups in total. The van der Waals surface area contributed by atoms with Gasteiger partial charge in [0.15, 0.2) is 16.3 Å². The molecule has 7 nitrogen and oxygen atoms in total. The molecule has 1 aliphatic heterocycles. The summed E-state index contributed by atoms with van der Waals surface area (Å²) in [5.41, 5.74) is 1.26. The van der Waals surface area contributed by atoms with Gasteiger partial charge in [0, 0.05) is 18.7 Å². The molecule has 1 amide bonds. The van der Waals surface area contributed by atoms with E-state index >= 15 is 0 Å². The summed E-state index contributed by atoms with van der Waals surface area (Å²) in [7, 11) is 3.03. The van der Waals surface area contributed by atoms with Crippen LogP contribution in [0.1, 0.15) is 17.3 Å². The van der Waals surface area contributed by atoms with Crippen LogP contribution in [-0.4, -0.2) is 37.9 Å². The summed E-state index contributed by atoms with van der Waals surface area (Å²) in [6, 6.07) is 9.08. The van der Waals surface area contributed by atoms with E-state index in [0.717, 1.165) is 10.2 Å². The van der Waals surface area contributed by atoms with E-state index in [1.54, 1.807) is 18.2 Å². The van der Waals surface area contributed by atoms with Crippen LogP contribution in [0.3, 0.4) is 0 Å². The first-order chi connectivity index (χ1) is 13.7. The maximum absolute atomic E-state index is 13.0. The molecule has 0 fully saturated rings. The van der Waals surface area contributed by atoms with Crippen molar-refractivity contribution in [2.24, 2.45) is 4.99 Å². The zero-order valence-electron chi connectivity index (χ0n) is 15.9. The fraction of sp³-hybridized carbons (Fsp3) is 0.300. The standard InChI is InChI=1S/C20H20N2O5S/c1-4-22-12-10-15-16(27-9-8-26-15)11-17(12)28-20(22)21-19(23)18-13(24-2)6-5-7-14(18)25-3/h5-7,10-11H,4,8-9H2,1-3H3. The fourth-order valence-electron chi connectivity index (χ4n) is 3.20. The van der Waals surface area contributed by atoms with Gasteiger partial charge in [-0.25, -0.2) is 0 Å². The SMILES string of the molecule is CCn1c(=NC(=O)c2c(OC)cccc2OC)sc2cc3c(cc21)OCCO3. The average Bonchev–Trinajstić information content (AvgIpc) is 3.06. The third kappa shape index (κ3) is 3.09. The Kier molecular flexibility index (Phi) is 4.95. The molecule has 2 aromatic carbocycles. The van der Waals surface area contributed by atoms with Gasteiger partial charge in [0.1, 0.15) is 30.3 Å². The second-order valence-electron chi connectivity index (χ2n) is 6.05. The summed E-state index contributed by atoms with van der Waals surface area (Å²) >= 11 is 1.43. The third-order valence-electron chi connectivity index (χ3n) is 4.50. The number of nitrogens with zero attached hydrogens (tertiary/aromatic N) is 2. The lowest BCUT2D eigenvalue weighted by atomic mass is 10.1. The molecule has 28 heavy (non-hydrogen) atoms. The van der Waals surface area contributed by atoms with Crippen LogP contribution < -0.4 is 23.7 Å². The van der Waals surface area contributed by atoms with E-state index in [4.69, 9.17) is 18.9 Å². The molecule has 3 aromatic rings. The second kappa shape index (κ2) is 7.55.